The molecular weight excluding hydrogens is 251 g/mol. The Balaban J connectivity index is 2.38. The van der Waals surface area contributed by atoms with Gasteiger partial charge >= 0.3 is 8.03 Å². The van der Waals surface area contributed by atoms with Crippen molar-refractivity contribution in [2.45, 2.75) is 13.8 Å². The molecule has 0 aliphatic rings. The standard InChI is InChI=1S/C13H11O4P/c1-8-7-17-9(2)12(8)13(14)10-3-5-11(6-4-10)18(15)16/h3-7H,1-2H3/p+1. The highest BCUT2D eigenvalue weighted by atomic mass is 31.1. The van der Waals surface area contributed by atoms with Gasteiger partial charge in [-0.2, -0.15) is 4.89 Å². The number of benzene rings is 1. The van der Waals surface area contributed by atoms with Gasteiger partial charge in [0.1, 0.15) is 5.76 Å². The van der Waals surface area contributed by atoms with Crippen molar-refractivity contribution in [2.75, 3.05) is 0 Å². The molecule has 0 amide bonds. The molecule has 0 saturated heterocycles. The summed E-state index contributed by atoms with van der Waals surface area (Å²) < 4.78 is 16.1. The summed E-state index contributed by atoms with van der Waals surface area (Å²) in [4.78, 5) is 21.2. The SMILES string of the molecule is Cc1coc(C)c1C(=O)c1ccc([P+](=O)O)cc1. The van der Waals surface area contributed by atoms with Crippen LogP contribution in [0.15, 0.2) is 34.9 Å². The lowest BCUT2D eigenvalue weighted by Crippen LogP contribution is -2.05. The summed E-state index contributed by atoms with van der Waals surface area (Å²) in [6.07, 6.45) is 1.54. The number of furan rings is 1. The lowest BCUT2D eigenvalue weighted by atomic mass is 10.0. The summed E-state index contributed by atoms with van der Waals surface area (Å²) in [5, 5.41) is 0.308. The van der Waals surface area contributed by atoms with Gasteiger partial charge in [-0.15, -0.1) is 0 Å². The fourth-order valence-corrected chi connectivity index (χ4v) is 2.20. The van der Waals surface area contributed by atoms with Crippen molar-refractivity contribution in [3.8, 4) is 0 Å². The van der Waals surface area contributed by atoms with Crippen molar-refractivity contribution in [3.05, 3.63) is 53.0 Å². The van der Waals surface area contributed by atoms with E-state index in [1.54, 1.807) is 25.3 Å². The molecule has 0 spiro atoms. The van der Waals surface area contributed by atoms with Crippen LogP contribution in [-0.2, 0) is 4.57 Å². The number of carbonyl (C=O) groups is 1. The Bertz CT molecular complexity index is 591. The fourth-order valence-electron chi connectivity index (χ4n) is 1.80. The maximum atomic E-state index is 12.2. The van der Waals surface area contributed by atoms with Crippen molar-refractivity contribution < 1.29 is 18.7 Å². The Hall–Kier alpha value is -1.77. The van der Waals surface area contributed by atoms with E-state index in [0.29, 0.717) is 22.2 Å². The zero-order valence-electron chi connectivity index (χ0n) is 10.0. The summed E-state index contributed by atoms with van der Waals surface area (Å²) in [7, 11) is -2.36. The van der Waals surface area contributed by atoms with E-state index in [1.165, 1.54) is 12.1 Å². The van der Waals surface area contributed by atoms with E-state index in [2.05, 4.69) is 0 Å². The second-order valence-corrected chi connectivity index (χ2v) is 5.06. The van der Waals surface area contributed by atoms with E-state index in [9.17, 15) is 9.36 Å². The van der Waals surface area contributed by atoms with E-state index in [-0.39, 0.29) is 5.78 Å². The highest BCUT2D eigenvalue weighted by molar-refractivity contribution is 7.47. The van der Waals surface area contributed by atoms with Gasteiger partial charge in [0.15, 0.2) is 5.78 Å². The maximum Gasteiger partial charge on any atom is 0.546 e. The van der Waals surface area contributed by atoms with E-state index >= 15 is 0 Å². The zero-order valence-corrected chi connectivity index (χ0v) is 10.9. The molecule has 1 atom stereocenters. The van der Waals surface area contributed by atoms with Crippen molar-refractivity contribution >= 4 is 19.1 Å². The van der Waals surface area contributed by atoms with Crippen LogP contribution in [0.3, 0.4) is 0 Å². The first-order valence-corrected chi connectivity index (χ1v) is 6.57. The second kappa shape index (κ2) is 4.84. The quantitative estimate of drug-likeness (QED) is 0.682. The molecule has 0 aliphatic carbocycles. The first-order valence-electron chi connectivity index (χ1n) is 5.36. The molecule has 4 nitrogen and oxygen atoms in total. The van der Waals surface area contributed by atoms with E-state index in [0.717, 1.165) is 5.56 Å². The molecule has 0 bridgehead atoms. The summed E-state index contributed by atoms with van der Waals surface area (Å²) in [5.74, 6) is 0.438. The molecule has 1 aromatic carbocycles. The van der Waals surface area contributed by atoms with Crippen molar-refractivity contribution in [1.29, 1.82) is 0 Å². The van der Waals surface area contributed by atoms with Crippen LogP contribution in [0.5, 0.6) is 0 Å². The maximum absolute atomic E-state index is 12.2. The minimum absolute atomic E-state index is 0.140. The molecule has 0 radical (unpaired) electrons. The second-order valence-electron chi connectivity index (χ2n) is 4.00. The first-order chi connectivity index (χ1) is 8.50. The van der Waals surface area contributed by atoms with Crippen LogP contribution in [0.25, 0.3) is 0 Å². The van der Waals surface area contributed by atoms with Gasteiger partial charge in [0.2, 0.25) is 5.30 Å². The van der Waals surface area contributed by atoms with Crippen molar-refractivity contribution in [3.63, 3.8) is 0 Å². The Morgan fingerprint density at radius 3 is 2.28 bits per heavy atom. The molecular formula is C13H12O4P+. The molecule has 0 aliphatic heterocycles. The number of ketones is 1. The topological polar surface area (TPSA) is 67.5 Å². The van der Waals surface area contributed by atoms with Crippen LogP contribution < -0.4 is 5.30 Å². The minimum atomic E-state index is -2.36. The number of hydrogen-bond acceptors (Lipinski definition) is 3. The molecule has 1 aromatic heterocycles. The van der Waals surface area contributed by atoms with E-state index < -0.39 is 8.03 Å². The summed E-state index contributed by atoms with van der Waals surface area (Å²) in [5.41, 5.74) is 1.81. The lowest BCUT2D eigenvalue weighted by molar-refractivity contribution is 0.103. The van der Waals surface area contributed by atoms with E-state index in [4.69, 9.17) is 9.31 Å². The van der Waals surface area contributed by atoms with Gasteiger partial charge in [-0.25, -0.2) is 0 Å². The largest absolute Gasteiger partial charge is 0.546 e. The first kappa shape index (κ1) is 12.7. The summed E-state index contributed by atoms with van der Waals surface area (Å²) in [6, 6.07) is 6.06. The van der Waals surface area contributed by atoms with Crippen molar-refractivity contribution in [2.24, 2.45) is 0 Å². The van der Waals surface area contributed by atoms with Gasteiger partial charge in [-0.3, -0.25) is 4.79 Å². The molecule has 1 heterocycles. The molecule has 1 N–H and O–H groups in total. The number of hydrogen-bond donors (Lipinski definition) is 1. The summed E-state index contributed by atoms with van der Waals surface area (Å²) in [6.45, 7) is 3.54. The van der Waals surface area contributed by atoms with Gasteiger partial charge in [0.05, 0.1) is 11.8 Å². The van der Waals surface area contributed by atoms with Gasteiger partial charge in [-0.1, -0.05) is 0 Å². The Kier molecular flexibility index (Phi) is 3.41. The Labute approximate surface area is 105 Å². The normalized spacial score (nSPS) is 11.4. The molecule has 2 aromatic rings. The average molecular weight is 263 g/mol. The molecule has 1 unspecified atom stereocenters. The van der Waals surface area contributed by atoms with Crippen LogP contribution in [-0.4, -0.2) is 10.7 Å². The monoisotopic (exact) mass is 263 g/mol. The molecule has 0 saturated carbocycles. The van der Waals surface area contributed by atoms with E-state index in [1.807, 2.05) is 6.92 Å². The summed E-state index contributed by atoms with van der Waals surface area (Å²) >= 11 is 0. The lowest BCUT2D eigenvalue weighted by Gasteiger charge is -2.00. The third-order valence-corrected chi connectivity index (χ3v) is 3.48. The third kappa shape index (κ3) is 2.26. The van der Waals surface area contributed by atoms with Crippen LogP contribution >= 0.6 is 8.03 Å². The van der Waals surface area contributed by atoms with Gasteiger partial charge in [0, 0.05) is 5.56 Å². The average Bonchev–Trinajstić information content (AvgIpc) is 2.68. The van der Waals surface area contributed by atoms with Gasteiger partial charge in [0.25, 0.3) is 0 Å². The van der Waals surface area contributed by atoms with Crippen LogP contribution in [0.4, 0.5) is 0 Å². The number of rotatable bonds is 3. The third-order valence-electron chi connectivity index (χ3n) is 2.74. The van der Waals surface area contributed by atoms with Crippen LogP contribution in [0, 0.1) is 13.8 Å². The van der Waals surface area contributed by atoms with Crippen LogP contribution in [0.1, 0.15) is 27.2 Å². The predicted molar refractivity (Wildman–Crippen MR) is 67.5 cm³/mol. The molecule has 92 valence electrons. The molecule has 18 heavy (non-hydrogen) atoms. The number of carbonyl (C=O) groups excluding carboxylic acids is 1. The van der Waals surface area contributed by atoms with Gasteiger partial charge < -0.3 is 4.42 Å². The molecule has 0 fully saturated rings. The predicted octanol–water partition coefficient (Wildman–Crippen LogP) is 2.49. The van der Waals surface area contributed by atoms with Crippen LogP contribution in [0.2, 0.25) is 0 Å². The van der Waals surface area contributed by atoms with Gasteiger partial charge in [-0.05, 0) is 48.2 Å². The zero-order chi connectivity index (χ0) is 13.3. The number of aryl methyl sites for hydroxylation is 2. The Morgan fingerprint density at radius 2 is 1.83 bits per heavy atom. The smallest absolute Gasteiger partial charge is 0.469 e. The van der Waals surface area contributed by atoms with Crippen molar-refractivity contribution in [1.82, 2.24) is 0 Å². The molecule has 5 heteroatoms. The highest BCUT2D eigenvalue weighted by Gasteiger charge is 2.20. The minimum Gasteiger partial charge on any atom is -0.469 e. The highest BCUT2D eigenvalue weighted by Crippen LogP contribution is 2.20. The fraction of sp³-hybridized carbons (Fsp3) is 0.154. The molecule has 2 rings (SSSR count). The Morgan fingerprint density at radius 1 is 1.22 bits per heavy atom.